The fourth-order valence-corrected chi connectivity index (χ4v) is 5.13. The van der Waals surface area contributed by atoms with E-state index in [1.54, 1.807) is 23.5 Å². The van der Waals surface area contributed by atoms with Crippen LogP contribution in [0.2, 0.25) is 0 Å². The molecule has 1 amide bonds. The van der Waals surface area contributed by atoms with Gasteiger partial charge in [-0.15, -0.1) is 0 Å². The quantitative estimate of drug-likeness (QED) is 0.801. The Hall–Kier alpha value is -0.940. The molecule has 2 heterocycles. The van der Waals surface area contributed by atoms with Gasteiger partial charge in [-0.3, -0.25) is 4.79 Å². The summed E-state index contributed by atoms with van der Waals surface area (Å²) in [6, 6.07) is 8.98. The van der Waals surface area contributed by atoms with Crippen molar-refractivity contribution in [3.05, 3.63) is 29.8 Å². The number of piperidine rings is 1. The van der Waals surface area contributed by atoms with Gasteiger partial charge in [0.25, 0.3) is 0 Å². The molecule has 1 aromatic rings. The molecule has 1 saturated heterocycles. The molecule has 2 atom stereocenters. The molecule has 5 heteroatoms. The highest BCUT2D eigenvalue weighted by Gasteiger charge is 2.29. The number of thioether (sulfide) groups is 2. The predicted molar refractivity (Wildman–Crippen MR) is 96.9 cm³/mol. The maximum Gasteiger partial charge on any atom is 0.233 e. The molecule has 0 aliphatic carbocycles. The normalized spacial score (nSPS) is 24.6. The summed E-state index contributed by atoms with van der Waals surface area (Å²) in [6.45, 7) is 4.34. The van der Waals surface area contributed by atoms with E-state index in [9.17, 15) is 4.79 Å². The van der Waals surface area contributed by atoms with E-state index in [4.69, 9.17) is 0 Å². The molecule has 3 nitrogen and oxygen atoms in total. The molecule has 118 valence electrons. The van der Waals surface area contributed by atoms with Crippen molar-refractivity contribution in [3.63, 3.8) is 0 Å². The number of rotatable bonds is 2. The molecule has 0 aromatic heterocycles. The minimum Gasteiger partial charge on any atom is -0.337 e. The first-order chi connectivity index (χ1) is 10.6. The Bertz CT molecular complexity index is 578. The number of para-hydroxylation sites is 1. The summed E-state index contributed by atoms with van der Waals surface area (Å²) >= 11 is 3.33. The van der Waals surface area contributed by atoms with Gasteiger partial charge in [0, 0.05) is 17.8 Å². The highest BCUT2D eigenvalue weighted by Crippen LogP contribution is 2.34. The van der Waals surface area contributed by atoms with Crippen LogP contribution in [-0.4, -0.2) is 33.0 Å². The lowest BCUT2D eigenvalue weighted by Crippen LogP contribution is -2.48. The van der Waals surface area contributed by atoms with E-state index >= 15 is 0 Å². The van der Waals surface area contributed by atoms with Crippen LogP contribution in [-0.2, 0) is 10.5 Å². The number of hydrogen-bond acceptors (Lipinski definition) is 4. The molecule has 3 rings (SSSR count). The average Bonchev–Trinajstić information content (AvgIpc) is 2.52. The molecule has 1 fully saturated rings. The van der Waals surface area contributed by atoms with Crippen LogP contribution >= 0.6 is 23.5 Å². The van der Waals surface area contributed by atoms with Gasteiger partial charge >= 0.3 is 0 Å². The Balaban J connectivity index is 1.61. The molecule has 1 aromatic carbocycles. The molecule has 2 unspecified atom stereocenters. The molecule has 0 saturated carbocycles. The third-order valence-corrected chi connectivity index (χ3v) is 6.59. The zero-order valence-corrected chi connectivity index (χ0v) is 14.8. The Kier molecular flexibility index (Phi) is 5.14. The van der Waals surface area contributed by atoms with E-state index in [1.165, 1.54) is 12.0 Å². The number of carbonyl (C=O) groups is 1. The summed E-state index contributed by atoms with van der Waals surface area (Å²) < 4.78 is 1.02. The van der Waals surface area contributed by atoms with E-state index in [0.717, 1.165) is 28.7 Å². The Morgan fingerprint density at radius 2 is 2.05 bits per heavy atom. The van der Waals surface area contributed by atoms with Crippen LogP contribution in [0.3, 0.4) is 0 Å². The van der Waals surface area contributed by atoms with Crippen molar-refractivity contribution in [2.45, 2.75) is 50.9 Å². The van der Waals surface area contributed by atoms with Gasteiger partial charge in [-0.1, -0.05) is 41.7 Å². The van der Waals surface area contributed by atoms with Gasteiger partial charge in [-0.05, 0) is 44.7 Å². The lowest BCUT2D eigenvalue weighted by Gasteiger charge is -2.39. The summed E-state index contributed by atoms with van der Waals surface area (Å²) in [4.78, 5) is 19.3. The molecule has 0 radical (unpaired) electrons. The van der Waals surface area contributed by atoms with Crippen LogP contribution in [0.15, 0.2) is 29.3 Å². The lowest BCUT2D eigenvalue weighted by molar-refractivity contribution is -0.134. The van der Waals surface area contributed by atoms with Crippen molar-refractivity contribution in [3.8, 4) is 0 Å². The molecule has 0 N–H and O–H groups in total. The summed E-state index contributed by atoms with van der Waals surface area (Å²) in [5.74, 6) is 1.71. The first kappa shape index (κ1) is 15.9. The van der Waals surface area contributed by atoms with E-state index in [0.29, 0.717) is 17.8 Å². The van der Waals surface area contributed by atoms with Gasteiger partial charge < -0.3 is 4.90 Å². The maximum absolute atomic E-state index is 12.5. The highest BCUT2D eigenvalue weighted by atomic mass is 32.2. The van der Waals surface area contributed by atoms with Crippen molar-refractivity contribution in [1.29, 1.82) is 0 Å². The zero-order valence-electron chi connectivity index (χ0n) is 13.1. The number of hydrogen-bond donors (Lipinski definition) is 0. The maximum atomic E-state index is 12.5. The number of nitrogens with zero attached hydrogens (tertiary/aromatic N) is 2. The zero-order chi connectivity index (χ0) is 15.5. The first-order valence-electron chi connectivity index (χ1n) is 7.88. The van der Waals surface area contributed by atoms with Crippen molar-refractivity contribution in [2.75, 3.05) is 5.75 Å². The largest absolute Gasteiger partial charge is 0.337 e. The molecule has 2 aliphatic rings. The van der Waals surface area contributed by atoms with Crippen LogP contribution in [0, 0.1) is 0 Å². The van der Waals surface area contributed by atoms with Gasteiger partial charge in [0.1, 0.15) is 4.38 Å². The number of amides is 1. The van der Waals surface area contributed by atoms with Crippen LogP contribution in [0.4, 0.5) is 5.69 Å². The van der Waals surface area contributed by atoms with E-state index in [-0.39, 0.29) is 5.91 Å². The van der Waals surface area contributed by atoms with E-state index < -0.39 is 0 Å². The minimum atomic E-state index is 0.256. The Labute approximate surface area is 140 Å². The second-order valence-corrected chi connectivity index (χ2v) is 8.20. The summed E-state index contributed by atoms with van der Waals surface area (Å²) in [6.07, 6.45) is 3.49. The second-order valence-electron chi connectivity index (χ2n) is 6.01. The third-order valence-electron chi connectivity index (χ3n) is 4.36. The fraction of sp³-hybridized carbons (Fsp3) is 0.529. The van der Waals surface area contributed by atoms with Crippen molar-refractivity contribution >= 4 is 39.5 Å². The number of fused-ring (bicyclic) bond motifs is 1. The molecular formula is C17H22N2OS2. The molecule has 0 bridgehead atoms. The van der Waals surface area contributed by atoms with Gasteiger partial charge in [-0.2, -0.15) is 0 Å². The number of benzene rings is 1. The Morgan fingerprint density at radius 3 is 2.82 bits per heavy atom. The standard InChI is InChI=1S/C17H22N2OS2/c1-12-6-5-7-13(2)19(12)16(20)11-22-17-18-15-9-4-3-8-14(15)10-21-17/h3-4,8-9,12-13H,5-7,10-11H2,1-2H3. The Morgan fingerprint density at radius 1 is 1.32 bits per heavy atom. The third kappa shape index (κ3) is 3.51. The van der Waals surface area contributed by atoms with Crippen LogP contribution < -0.4 is 0 Å². The van der Waals surface area contributed by atoms with Crippen molar-refractivity contribution in [1.82, 2.24) is 4.90 Å². The fourth-order valence-electron chi connectivity index (χ4n) is 3.20. The smallest absolute Gasteiger partial charge is 0.233 e. The van der Waals surface area contributed by atoms with Gasteiger partial charge in [0.2, 0.25) is 5.91 Å². The van der Waals surface area contributed by atoms with Crippen LogP contribution in [0.5, 0.6) is 0 Å². The predicted octanol–water partition coefficient (Wildman–Crippen LogP) is 4.44. The van der Waals surface area contributed by atoms with E-state index in [2.05, 4.69) is 35.9 Å². The number of carbonyl (C=O) groups excluding carboxylic acids is 1. The van der Waals surface area contributed by atoms with Crippen molar-refractivity contribution in [2.24, 2.45) is 4.99 Å². The topological polar surface area (TPSA) is 32.7 Å². The molecular weight excluding hydrogens is 312 g/mol. The summed E-state index contributed by atoms with van der Waals surface area (Å²) in [5, 5.41) is 0. The van der Waals surface area contributed by atoms with E-state index in [1.807, 2.05) is 12.1 Å². The highest BCUT2D eigenvalue weighted by molar-refractivity contribution is 8.38. The van der Waals surface area contributed by atoms with Crippen LogP contribution in [0.1, 0.15) is 38.7 Å². The average molecular weight is 335 g/mol. The SMILES string of the molecule is CC1CCCC(C)N1C(=O)CSC1=Nc2ccccc2CS1. The monoisotopic (exact) mass is 334 g/mol. The van der Waals surface area contributed by atoms with Crippen LogP contribution in [0.25, 0.3) is 0 Å². The second kappa shape index (κ2) is 7.09. The lowest BCUT2D eigenvalue weighted by atomic mass is 9.98. The van der Waals surface area contributed by atoms with Crippen molar-refractivity contribution < 1.29 is 4.79 Å². The number of likely N-dealkylation sites (tertiary alicyclic amines) is 1. The molecule has 22 heavy (non-hydrogen) atoms. The summed E-state index contributed by atoms with van der Waals surface area (Å²) in [5.41, 5.74) is 2.33. The van der Waals surface area contributed by atoms with Gasteiger partial charge in [-0.25, -0.2) is 4.99 Å². The first-order valence-corrected chi connectivity index (χ1v) is 9.85. The van der Waals surface area contributed by atoms with Gasteiger partial charge in [0.15, 0.2) is 0 Å². The van der Waals surface area contributed by atoms with Gasteiger partial charge in [0.05, 0.1) is 11.4 Å². The minimum absolute atomic E-state index is 0.256. The summed E-state index contributed by atoms with van der Waals surface area (Å²) in [7, 11) is 0. The molecule has 2 aliphatic heterocycles. The molecule has 0 spiro atoms. The number of aliphatic imine (C=N–C) groups is 1.